The molecule has 1 amide bonds. The quantitative estimate of drug-likeness (QED) is 0.335. The maximum atomic E-state index is 13.1. The lowest BCUT2D eigenvalue weighted by Gasteiger charge is -2.35. The highest BCUT2D eigenvalue weighted by Crippen LogP contribution is 2.44. The Morgan fingerprint density at radius 1 is 0.905 bits per heavy atom. The van der Waals surface area contributed by atoms with Crippen molar-refractivity contribution in [1.82, 2.24) is 9.80 Å². The number of carbonyl (C=O) groups is 1. The minimum absolute atomic E-state index is 0.0655. The van der Waals surface area contributed by atoms with Gasteiger partial charge in [-0.25, -0.2) is 4.79 Å². The van der Waals surface area contributed by atoms with E-state index in [4.69, 9.17) is 19.8 Å². The zero-order chi connectivity index (χ0) is 29.8. The van der Waals surface area contributed by atoms with Crippen molar-refractivity contribution in [2.24, 2.45) is 0 Å². The van der Waals surface area contributed by atoms with Gasteiger partial charge in [-0.15, -0.1) is 0 Å². The Balaban J connectivity index is 1.08. The van der Waals surface area contributed by atoms with Crippen molar-refractivity contribution >= 4 is 24.4 Å². The number of piperazine rings is 1. The van der Waals surface area contributed by atoms with E-state index in [-0.39, 0.29) is 12.0 Å². The molecule has 8 heteroatoms. The third-order valence-corrected chi connectivity index (χ3v) is 9.92. The Morgan fingerprint density at radius 2 is 1.45 bits per heavy atom. The van der Waals surface area contributed by atoms with Gasteiger partial charge < -0.3 is 24.7 Å². The van der Waals surface area contributed by atoms with Crippen LogP contribution in [0.5, 0.6) is 0 Å². The first kappa shape index (κ1) is 28.8. The number of nitrogens with two attached hydrogens (primary N) is 1. The van der Waals surface area contributed by atoms with Crippen LogP contribution < -0.4 is 11.2 Å². The SMILES string of the molecule is Cc1c(CN2CCN(C(=O)OCC3c4ccccc4-c4ccccc43)CC2)cc(B2OC(C)(C)C(C)(C)O2)c(C)c1N. The van der Waals surface area contributed by atoms with Crippen LogP contribution in [0.15, 0.2) is 54.6 Å². The van der Waals surface area contributed by atoms with Crippen molar-refractivity contribution in [3.8, 4) is 11.1 Å². The monoisotopic (exact) mass is 567 g/mol. The van der Waals surface area contributed by atoms with Gasteiger partial charge in [-0.2, -0.15) is 0 Å². The second-order valence-corrected chi connectivity index (χ2v) is 12.9. The first-order chi connectivity index (χ1) is 20.0. The number of hydrogen-bond acceptors (Lipinski definition) is 6. The standard InChI is InChI=1S/C34H42BN3O4/c1-22-24(19-30(23(2)31(22)36)35-41-33(3,4)34(5,6)42-35)20-37-15-17-38(18-16-37)32(39)40-21-29-27-13-9-7-11-25(27)26-12-8-10-14-28(26)29/h7-14,19,29H,15-18,20-21,36H2,1-6H3. The van der Waals surface area contributed by atoms with E-state index in [2.05, 4.69) is 94.1 Å². The van der Waals surface area contributed by atoms with Crippen LogP contribution in [0.3, 0.4) is 0 Å². The molecule has 7 nitrogen and oxygen atoms in total. The number of anilines is 1. The third kappa shape index (κ3) is 4.99. The predicted molar refractivity (Wildman–Crippen MR) is 168 cm³/mol. The predicted octanol–water partition coefficient (Wildman–Crippen LogP) is 5.25. The molecule has 0 saturated carbocycles. The first-order valence-corrected chi connectivity index (χ1v) is 15.0. The van der Waals surface area contributed by atoms with Gasteiger partial charge in [0.25, 0.3) is 0 Å². The number of carbonyl (C=O) groups excluding carboxylic acids is 1. The molecular weight excluding hydrogens is 525 g/mol. The molecule has 3 aromatic rings. The summed E-state index contributed by atoms with van der Waals surface area (Å²) >= 11 is 0. The van der Waals surface area contributed by atoms with Crippen LogP contribution in [0.4, 0.5) is 10.5 Å². The van der Waals surface area contributed by atoms with E-state index in [1.807, 2.05) is 11.8 Å². The van der Waals surface area contributed by atoms with Gasteiger partial charge in [-0.3, -0.25) is 4.90 Å². The van der Waals surface area contributed by atoms with Crippen LogP contribution >= 0.6 is 0 Å². The largest absolute Gasteiger partial charge is 0.495 e. The Hall–Kier alpha value is -3.33. The molecule has 0 atom stereocenters. The maximum Gasteiger partial charge on any atom is 0.495 e. The van der Waals surface area contributed by atoms with Gasteiger partial charge >= 0.3 is 13.2 Å². The number of hydrogen-bond donors (Lipinski definition) is 1. The maximum absolute atomic E-state index is 13.1. The number of nitrogen functional groups attached to an aromatic ring is 1. The highest BCUT2D eigenvalue weighted by atomic mass is 16.7. The van der Waals surface area contributed by atoms with Crippen molar-refractivity contribution in [3.05, 3.63) is 82.4 Å². The molecule has 42 heavy (non-hydrogen) atoms. The molecule has 3 aromatic carbocycles. The number of rotatable bonds is 5. The van der Waals surface area contributed by atoms with Gasteiger partial charge in [0.05, 0.1) is 11.2 Å². The fourth-order valence-corrected chi connectivity index (χ4v) is 6.41. The number of nitrogens with zero attached hydrogens (tertiary/aromatic N) is 2. The van der Waals surface area contributed by atoms with Crippen molar-refractivity contribution in [2.45, 2.75) is 65.2 Å². The smallest absolute Gasteiger partial charge is 0.448 e. The summed E-state index contributed by atoms with van der Waals surface area (Å²) in [5.74, 6) is 0.0655. The van der Waals surface area contributed by atoms with Crippen LogP contribution in [0.1, 0.15) is 61.4 Å². The van der Waals surface area contributed by atoms with E-state index in [1.54, 1.807) is 0 Å². The molecule has 6 rings (SSSR count). The molecule has 0 radical (unpaired) electrons. The number of ether oxygens (including phenoxy) is 1. The topological polar surface area (TPSA) is 77.3 Å². The van der Waals surface area contributed by atoms with Crippen LogP contribution in [0.25, 0.3) is 11.1 Å². The fraction of sp³-hybridized carbons (Fsp3) is 0.441. The summed E-state index contributed by atoms with van der Waals surface area (Å²) in [5.41, 5.74) is 15.7. The van der Waals surface area contributed by atoms with Crippen molar-refractivity contribution in [1.29, 1.82) is 0 Å². The summed E-state index contributed by atoms with van der Waals surface area (Å²) in [4.78, 5) is 17.3. The molecule has 2 saturated heterocycles. The molecule has 3 aliphatic rings. The molecule has 2 heterocycles. The van der Waals surface area contributed by atoms with E-state index in [0.717, 1.165) is 47.5 Å². The number of amides is 1. The Morgan fingerprint density at radius 3 is 2.02 bits per heavy atom. The van der Waals surface area contributed by atoms with E-state index >= 15 is 0 Å². The van der Waals surface area contributed by atoms with Gasteiger partial charge in [0.15, 0.2) is 0 Å². The highest BCUT2D eigenvalue weighted by Gasteiger charge is 2.52. The van der Waals surface area contributed by atoms with Crippen LogP contribution in [-0.4, -0.2) is 67.0 Å². The summed E-state index contributed by atoms with van der Waals surface area (Å²) < 4.78 is 18.6. The summed E-state index contributed by atoms with van der Waals surface area (Å²) in [6.45, 7) is 16.3. The lowest BCUT2D eigenvalue weighted by atomic mass is 9.74. The number of fused-ring (bicyclic) bond motifs is 3. The Kier molecular flexibility index (Phi) is 7.36. The first-order valence-electron chi connectivity index (χ1n) is 15.0. The molecule has 0 unspecified atom stereocenters. The van der Waals surface area contributed by atoms with E-state index in [0.29, 0.717) is 19.7 Å². The van der Waals surface area contributed by atoms with Crippen molar-refractivity contribution in [3.63, 3.8) is 0 Å². The van der Waals surface area contributed by atoms with Crippen molar-refractivity contribution < 1.29 is 18.8 Å². The van der Waals surface area contributed by atoms with Crippen LogP contribution in [0, 0.1) is 13.8 Å². The average molecular weight is 568 g/mol. The van der Waals surface area contributed by atoms with E-state index < -0.39 is 18.3 Å². The van der Waals surface area contributed by atoms with E-state index in [9.17, 15) is 4.79 Å². The highest BCUT2D eigenvalue weighted by molar-refractivity contribution is 6.62. The molecule has 2 N–H and O–H groups in total. The van der Waals surface area contributed by atoms with Gasteiger partial charge in [0.1, 0.15) is 6.61 Å². The second-order valence-electron chi connectivity index (χ2n) is 12.9. The minimum atomic E-state index is -0.456. The van der Waals surface area contributed by atoms with Gasteiger partial charge in [0, 0.05) is 44.3 Å². The zero-order valence-electron chi connectivity index (χ0n) is 25.7. The lowest BCUT2D eigenvalue weighted by Crippen LogP contribution is -2.48. The minimum Gasteiger partial charge on any atom is -0.448 e. The fourth-order valence-electron chi connectivity index (χ4n) is 6.41. The van der Waals surface area contributed by atoms with Gasteiger partial charge in [-0.1, -0.05) is 54.6 Å². The number of benzene rings is 3. The molecule has 1 aliphatic carbocycles. The Bertz CT molecular complexity index is 1450. The molecule has 0 spiro atoms. The second kappa shape index (κ2) is 10.7. The zero-order valence-corrected chi connectivity index (χ0v) is 25.7. The normalized spacial score (nSPS) is 19.6. The van der Waals surface area contributed by atoms with Gasteiger partial charge in [-0.05, 0) is 85.9 Å². The summed E-state index contributed by atoms with van der Waals surface area (Å²) in [6.07, 6.45) is -0.240. The third-order valence-electron chi connectivity index (χ3n) is 9.92. The van der Waals surface area contributed by atoms with E-state index in [1.165, 1.54) is 22.3 Å². The summed E-state index contributed by atoms with van der Waals surface area (Å²) in [6, 6.07) is 19.0. The molecule has 220 valence electrons. The molecule has 0 bridgehead atoms. The molecule has 2 aliphatic heterocycles. The Labute approximate surface area is 250 Å². The summed E-state index contributed by atoms with van der Waals surface area (Å²) in [7, 11) is -0.456. The summed E-state index contributed by atoms with van der Waals surface area (Å²) in [5, 5.41) is 0. The molecule has 2 fully saturated rings. The van der Waals surface area contributed by atoms with Gasteiger partial charge in [0.2, 0.25) is 0 Å². The molecular formula is C34H42BN3O4. The van der Waals surface area contributed by atoms with Crippen molar-refractivity contribution in [2.75, 3.05) is 38.5 Å². The average Bonchev–Trinajstić information content (AvgIpc) is 3.41. The van der Waals surface area contributed by atoms with Crippen LogP contribution in [0.2, 0.25) is 0 Å². The van der Waals surface area contributed by atoms with Crippen LogP contribution in [-0.2, 0) is 20.6 Å². The molecule has 0 aromatic heterocycles. The lowest BCUT2D eigenvalue weighted by molar-refractivity contribution is 0.00578.